The first-order chi connectivity index (χ1) is 14.2. The molecule has 5 nitrogen and oxygen atoms in total. The topological polar surface area (TPSA) is 62.1 Å². The molecule has 1 N–H and O–H groups in total. The van der Waals surface area contributed by atoms with E-state index in [0.29, 0.717) is 11.4 Å². The molecule has 0 radical (unpaired) electrons. The third kappa shape index (κ3) is 4.90. The molecule has 8 heteroatoms. The molecule has 2 atom stereocenters. The number of nitrogens with zero attached hydrogens (tertiary/aromatic N) is 2. The summed E-state index contributed by atoms with van der Waals surface area (Å²) in [5.41, 5.74) is 2.87. The van der Waals surface area contributed by atoms with Crippen molar-refractivity contribution in [1.82, 2.24) is 0 Å². The number of hydrazone groups is 1. The molecule has 0 saturated heterocycles. The number of hydrogen-bond acceptors (Lipinski definition) is 4. The Bertz CT molecular complexity index is 973. The van der Waals surface area contributed by atoms with E-state index in [2.05, 4.69) is 5.10 Å². The van der Waals surface area contributed by atoms with Crippen LogP contribution in [-0.2, 0) is 11.2 Å². The highest BCUT2D eigenvalue weighted by molar-refractivity contribution is 6.31. The minimum atomic E-state index is -1.02. The fourth-order valence-corrected chi connectivity index (χ4v) is 3.51. The van der Waals surface area contributed by atoms with Gasteiger partial charge in [-0.1, -0.05) is 18.5 Å². The Labute approximate surface area is 178 Å². The van der Waals surface area contributed by atoms with Crippen LogP contribution in [0.2, 0.25) is 5.02 Å². The van der Waals surface area contributed by atoms with Crippen LogP contribution < -0.4 is 9.75 Å². The Morgan fingerprint density at radius 3 is 2.57 bits per heavy atom. The minimum absolute atomic E-state index is 0.0290. The van der Waals surface area contributed by atoms with Crippen molar-refractivity contribution in [2.45, 2.75) is 39.7 Å². The molecule has 0 amide bonds. The Morgan fingerprint density at radius 1 is 1.30 bits per heavy atom. The lowest BCUT2D eigenvalue weighted by Gasteiger charge is -2.24. The van der Waals surface area contributed by atoms with Gasteiger partial charge < -0.3 is 9.84 Å². The van der Waals surface area contributed by atoms with Crippen molar-refractivity contribution in [1.29, 1.82) is 0 Å². The van der Waals surface area contributed by atoms with Crippen molar-refractivity contribution in [3.63, 3.8) is 0 Å². The Kier molecular flexibility index (Phi) is 6.61. The molecule has 0 spiro atoms. The van der Waals surface area contributed by atoms with E-state index in [1.165, 1.54) is 6.92 Å². The summed E-state index contributed by atoms with van der Waals surface area (Å²) < 4.78 is 34.4. The van der Waals surface area contributed by atoms with Gasteiger partial charge in [-0.2, -0.15) is 5.10 Å². The van der Waals surface area contributed by atoms with E-state index < -0.39 is 29.3 Å². The zero-order chi connectivity index (χ0) is 22.0. The lowest BCUT2D eigenvalue weighted by Crippen LogP contribution is -2.32. The fraction of sp³-hybridized carbons (Fsp3) is 0.364. The Balaban J connectivity index is 1.74. The van der Waals surface area contributed by atoms with E-state index in [-0.39, 0.29) is 24.6 Å². The van der Waals surface area contributed by atoms with Crippen LogP contribution in [0.3, 0.4) is 0 Å². The number of carboxylic acids is 1. The predicted octanol–water partition coefficient (Wildman–Crippen LogP) is 5.22. The number of rotatable bonds is 7. The summed E-state index contributed by atoms with van der Waals surface area (Å²) >= 11 is 6.09. The average Bonchev–Trinajstić information content (AvgIpc) is 3.03. The smallest absolute Gasteiger partial charge is 0.306 e. The molecule has 1 heterocycles. The number of anilines is 1. The largest absolute Gasteiger partial charge is 0.485 e. The molecule has 0 fully saturated rings. The highest BCUT2D eigenvalue weighted by Crippen LogP contribution is 2.30. The van der Waals surface area contributed by atoms with E-state index in [1.54, 1.807) is 11.1 Å². The Morgan fingerprint density at radius 2 is 1.97 bits per heavy atom. The molecular weight excluding hydrogens is 414 g/mol. The molecule has 3 rings (SSSR count). The quantitative estimate of drug-likeness (QED) is 0.646. The van der Waals surface area contributed by atoms with E-state index in [0.717, 1.165) is 29.1 Å². The van der Waals surface area contributed by atoms with Crippen LogP contribution in [0.4, 0.5) is 14.5 Å². The van der Waals surface area contributed by atoms with Gasteiger partial charge in [-0.15, -0.1) is 0 Å². The third-order valence-corrected chi connectivity index (χ3v) is 5.43. The van der Waals surface area contributed by atoms with Gasteiger partial charge in [0.15, 0.2) is 17.4 Å². The molecule has 30 heavy (non-hydrogen) atoms. The van der Waals surface area contributed by atoms with Crippen LogP contribution in [0, 0.1) is 24.5 Å². The zero-order valence-corrected chi connectivity index (χ0v) is 17.7. The Hall–Kier alpha value is -2.67. The van der Waals surface area contributed by atoms with Crippen molar-refractivity contribution in [2.24, 2.45) is 11.0 Å². The summed E-state index contributed by atoms with van der Waals surface area (Å²) in [6, 6.07) is 7.53. The first-order valence-electron chi connectivity index (χ1n) is 9.58. The second-order valence-electron chi connectivity index (χ2n) is 7.61. The van der Waals surface area contributed by atoms with E-state index >= 15 is 0 Å². The number of carbonyl (C=O) groups is 1. The van der Waals surface area contributed by atoms with Crippen molar-refractivity contribution >= 4 is 29.0 Å². The van der Waals surface area contributed by atoms with Crippen molar-refractivity contribution in [2.75, 3.05) is 11.6 Å². The van der Waals surface area contributed by atoms with Crippen molar-refractivity contribution in [3.8, 4) is 5.75 Å². The van der Waals surface area contributed by atoms with E-state index in [9.17, 15) is 13.6 Å². The molecule has 1 aliphatic heterocycles. The maximum absolute atomic E-state index is 14.5. The summed E-state index contributed by atoms with van der Waals surface area (Å²) in [6.07, 6.45) is 0.627. The minimum Gasteiger partial charge on any atom is -0.485 e. The standard InChI is InChI=1S/C22H23ClF2N2O3/c1-12-7-16(4-5-18(12)23)27-17(8-14(3)26-27)11-30-21-19(24)9-15(10-20(21)25)6-13(2)22(28)29/h4-5,7,9-10,13,17H,6,8,11H2,1-3H3,(H,28,29). The summed E-state index contributed by atoms with van der Waals surface area (Å²) in [7, 11) is 0. The second kappa shape index (κ2) is 9.00. The summed E-state index contributed by atoms with van der Waals surface area (Å²) in [5, 5.41) is 15.9. The van der Waals surface area contributed by atoms with E-state index in [4.69, 9.17) is 21.4 Å². The molecule has 160 valence electrons. The summed E-state index contributed by atoms with van der Waals surface area (Å²) in [4.78, 5) is 11.0. The van der Waals surface area contributed by atoms with Gasteiger partial charge in [-0.05, 0) is 61.7 Å². The molecule has 1 aliphatic rings. The number of aryl methyl sites for hydroxylation is 1. The van der Waals surface area contributed by atoms with Crippen LogP contribution in [0.25, 0.3) is 0 Å². The predicted molar refractivity (Wildman–Crippen MR) is 113 cm³/mol. The third-order valence-electron chi connectivity index (χ3n) is 5.00. The maximum Gasteiger partial charge on any atom is 0.306 e. The highest BCUT2D eigenvalue weighted by atomic mass is 35.5. The van der Waals surface area contributed by atoms with Crippen molar-refractivity contribution in [3.05, 3.63) is 58.1 Å². The summed E-state index contributed by atoms with van der Waals surface area (Å²) in [6.45, 7) is 5.29. The van der Waals surface area contributed by atoms with Gasteiger partial charge >= 0.3 is 5.97 Å². The molecule has 2 aromatic rings. The molecule has 0 bridgehead atoms. The number of carboxylic acid groups (broad SMARTS) is 1. The van der Waals surface area contributed by atoms with Crippen LogP contribution >= 0.6 is 11.6 Å². The highest BCUT2D eigenvalue weighted by Gasteiger charge is 2.28. The fourth-order valence-electron chi connectivity index (χ4n) is 3.39. The van der Waals surface area contributed by atoms with Gasteiger partial charge in [0, 0.05) is 17.2 Å². The van der Waals surface area contributed by atoms with Gasteiger partial charge in [-0.3, -0.25) is 9.80 Å². The molecule has 0 aromatic heterocycles. The van der Waals surface area contributed by atoms with Gasteiger partial charge in [0.1, 0.15) is 6.61 Å². The van der Waals surface area contributed by atoms with Gasteiger partial charge in [0.05, 0.1) is 17.6 Å². The van der Waals surface area contributed by atoms with Crippen LogP contribution in [0.5, 0.6) is 5.75 Å². The number of aliphatic carboxylic acids is 1. The lowest BCUT2D eigenvalue weighted by atomic mass is 10.0. The van der Waals surface area contributed by atoms with E-state index in [1.807, 2.05) is 26.0 Å². The van der Waals surface area contributed by atoms with Crippen LogP contribution in [0.15, 0.2) is 35.4 Å². The maximum atomic E-state index is 14.5. The average molecular weight is 437 g/mol. The molecule has 2 unspecified atom stereocenters. The van der Waals surface area contributed by atoms with Gasteiger partial charge in [0.2, 0.25) is 0 Å². The molecular formula is C22H23ClF2N2O3. The number of halogens is 3. The van der Waals surface area contributed by atoms with Crippen molar-refractivity contribution < 1.29 is 23.4 Å². The molecule has 0 aliphatic carbocycles. The van der Waals surface area contributed by atoms with Crippen LogP contribution in [0.1, 0.15) is 31.4 Å². The van der Waals surface area contributed by atoms with Gasteiger partial charge in [0.25, 0.3) is 0 Å². The monoisotopic (exact) mass is 436 g/mol. The van der Waals surface area contributed by atoms with Gasteiger partial charge in [-0.25, -0.2) is 8.78 Å². The summed E-state index contributed by atoms with van der Waals surface area (Å²) in [5.74, 6) is -3.95. The second-order valence-corrected chi connectivity index (χ2v) is 8.02. The number of ether oxygens (including phenoxy) is 1. The number of benzene rings is 2. The number of hydrogen-bond donors (Lipinski definition) is 1. The molecule has 0 saturated carbocycles. The zero-order valence-electron chi connectivity index (χ0n) is 17.0. The first-order valence-corrected chi connectivity index (χ1v) is 9.96. The molecule has 2 aromatic carbocycles. The normalized spacial score (nSPS) is 17.1. The van der Waals surface area contributed by atoms with Crippen LogP contribution in [-0.4, -0.2) is 29.4 Å². The first kappa shape index (κ1) is 22.0. The SMILES string of the molecule is CC1=NN(c2ccc(Cl)c(C)c2)C(COc2c(F)cc(CC(C)C(=O)O)cc2F)C1. The lowest BCUT2D eigenvalue weighted by molar-refractivity contribution is -0.141.